The Bertz CT molecular complexity index is 1050. The molecular weight excluding hydrogens is 428 g/mol. The number of carbonyl (C=O) groups excluding carboxylic acids is 2. The van der Waals surface area contributed by atoms with Gasteiger partial charge in [-0.25, -0.2) is 4.79 Å². The summed E-state index contributed by atoms with van der Waals surface area (Å²) in [5.41, 5.74) is 1.49. The van der Waals surface area contributed by atoms with Crippen molar-refractivity contribution in [3.05, 3.63) is 51.9 Å². The molecule has 0 spiro atoms. The first-order chi connectivity index (χ1) is 14.9. The van der Waals surface area contributed by atoms with Crippen LogP contribution in [0.3, 0.4) is 0 Å². The molecule has 2 aromatic rings. The molecule has 0 unspecified atom stereocenters. The average molecular weight is 447 g/mol. The van der Waals surface area contributed by atoms with Gasteiger partial charge in [-0.2, -0.15) is 14.0 Å². The van der Waals surface area contributed by atoms with Crippen LogP contribution in [0.5, 0.6) is 5.75 Å². The Kier molecular flexibility index (Phi) is 7.20. The number of hydrogen-bond acceptors (Lipinski definition) is 6. The second-order valence-electron chi connectivity index (χ2n) is 6.43. The van der Waals surface area contributed by atoms with Crippen molar-refractivity contribution in [3.63, 3.8) is 0 Å². The molecule has 0 atom stereocenters. The van der Waals surface area contributed by atoms with Crippen LogP contribution in [-0.4, -0.2) is 36.7 Å². The van der Waals surface area contributed by atoms with Gasteiger partial charge in [-0.05, 0) is 31.1 Å². The zero-order chi connectivity index (χ0) is 22.4. The maximum atomic E-state index is 12.5. The lowest BCUT2D eigenvalue weighted by molar-refractivity contribution is -0.111. The van der Waals surface area contributed by atoms with Gasteiger partial charge >= 0.3 is 12.7 Å². The molecule has 2 heterocycles. The van der Waals surface area contributed by atoms with Crippen molar-refractivity contribution < 1.29 is 27.8 Å². The number of ether oxygens (including phenoxy) is 2. The number of fused-ring (bicyclic) bond motifs is 1. The summed E-state index contributed by atoms with van der Waals surface area (Å²) in [5, 5.41) is 12.6. The zero-order valence-corrected chi connectivity index (χ0v) is 17.4. The Morgan fingerprint density at radius 3 is 2.87 bits per heavy atom. The van der Waals surface area contributed by atoms with Crippen molar-refractivity contribution in [2.24, 2.45) is 0 Å². The largest absolute Gasteiger partial charge is 0.450 e. The second kappa shape index (κ2) is 10.0. The summed E-state index contributed by atoms with van der Waals surface area (Å²) in [6.45, 7) is -0.253. The van der Waals surface area contributed by atoms with Gasteiger partial charge in [0.2, 0.25) is 5.91 Å². The first kappa shape index (κ1) is 22.2. The predicted molar refractivity (Wildman–Crippen MR) is 111 cm³/mol. The van der Waals surface area contributed by atoms with Crippen LogP contribution in [-0.2, 0) is 22.5 Å². The van der Waals surface area contributed by atoms with Crippen LogP contribution in [0.25, 0.3) is 6.08 Å². The van der Waals surface area contributed by atoms with Gasteiger partial charge in [0, 0.05) is 23.1 Å². The van der Waals surface area contributed by atoms with E-state index in [1.807, 2.05) is 0 Å². The summed E-state index contributed by atoms with van der Waals surface area (Å²) in [7, 11) is 0. The molecule has 31 heavy (non-hydrogen) atoms. The summed E-state index contributed by atoms with van der Waals surface area (Å²) >= 11 is 1.23. The number of amides is 2. The number of carbonyl (C=O) groups is 2. The molecule has 0 saturated carbocycles. The first-order valence-corrected chi connectivity index (χ1v) is 10.2. The van der Waals surface area contributed by atoms with Crippen molar-refractivity contribution in [1.29, 1.82) is 5.26 Å². The van der Waals surface area contributed by atoms with E-state index >= 15 is 0 Å². The van der Waals surface area contributed by atoms with Crippen molar-refractivity contribution in [2.75, 3.05) is 18.5 Å². The molecule has 1 aliphatic heterocycles. The van der Waals surface area contributed by atoms with Crippen LogP contribution in [0, 0.1) is 11.3 Å². The lowest BCUT2D eigenvalue weighted by atomic mass is 10.0. The van der Waals surface area contributed by atoms with E-state index in [-0.39, 0.29) is 12.4 Å². The fourth-order valence-corrected chi connectivity index (χ4v) is 4.34. The lowest BCUT2D eigenvalue weighted by Crippen LogP contribution is -2.35. The summed E-state index contributed by atoms with van der Waals surface area (Å²) in [4.78, 5) is 26.7. The van der Waals surface area contributed by atoms with Gasteiger partial charge in [0.25, 0.3) is 0 Å². The molecule has 162 valence electrons. The number of rotatable bonds is 6. The van der Waals surface area contributed by atoms with Crippen LogP contribution < -0.4 is 10.1 Å². The number of nitrogens with one attached hydrogen (secondary N) is 1. The van der Waals surface area contributed by atoms with E-state index < -0.39 is 18.6 Å². The Labute approximate surface area is 181 Å². The lowest BCUT2D eigenvalue weighted by Gasteiger charge is -2.25. The maximum Gasteiger partial charge on any atom is 0.410 e. The SMILES string of the molecule is CCOC(=O)N1CCc2c(sc(NC(=O)C=Cc3ccccc3OC(F)F)c2C#N)C1. The highest BCUT2D eigenvalue weighted by atomic mass is 32.1. The molecular formula is C21H19F2N3O4S. The fourth-order valence-electron chi connectivity index (χ4n) is 3.12. The molecule has 0 radical (unpaired) electrons. The summed E-state index contributed by atoms with van der Waals surface area (Å²) in [6, 6.07) is 8.21. The number of nitrogens with zero attached hydrogens (tertiary/aromatic N) is 2. The number of alkyl halides is 2. The van der Waals surface area contributed by atoms with Crippen LogP contribution in [0.2, 0.25) is 0 Å². The third-order valence-electron chi connectivity index (χ3n) is 4.48. The highest BCUT2D eigenvalue weighted by Crippen LogP contribution is 2.36. The van der Waals surface area contributed by atoms with Gasteiger partial charge in [0.05, 0.1) is 18.7 Å². The Balaban J connectivity index is 1.74. The minimum absolute atomic E-state index is 0.0510. The van der Waals surface area contributed by atoms with E-state index in [9.17, 15) is 23.6 Å². The van der Waals surface area contributed by atoms with E-state index in [1.165, 1.54) is 35.6 Å². The molecule has 0 saturated heterocycles. The molecule has 7 nitrogen and oxygen atoms in total. The van der Waals surface area contributed by atoms with E-state index in [4.69, 9.17) is 4.74 Å². The standard InChI is InChI=1S/C21H19F2N3O4S/c1-2-29-21(28)26-10-9-14-15(11-24)19(31-17(14)12-26)25-18(27)8-7-13-5-3-4-6-16(13)30-20(22)23/h3-8,20H,2,9-10,12H2,1H3,(H,25,27). The Morgan fingerprint density at radius 2 is 2.16 bits per heavy atom. The highest BCUT2D eigenvalue weighted by Gasteiger charge is 2.28. The second-order valence-corrected chi connectivity index (χ2v) is 7.53. The number of nitriles is 1. The van der Waals surface area contributed by atoms with Gasteiger partial charge in [-0.3, -0.25) is 4.79 Å². The van der Waals surface area contributed by atoms with Crippen LogP contribution >= 0.6 is 11.3 Å². The number of thiophene rings is 1. The summed E-state index contributed by atoms with van der Waals surface area (Å²) in [6.07, 6.45) is 2.60. The van der Waals surface area contributed by atoms with Crippen molar-refractivity contribution in [2.45, 2.75) is 26.5 Å². The third-order valence-corrected chi connectivity index (χ3v) is 5.61. The Hall–Kier alpha value is -3.45. The van der Waals surface area contributed by atoms with Crippen molar-refractivity contribution in [1.82, 2.24) is 4.90 Å². The highest BCUT2D eigenvalue weighted by molar-refractivity contribution is 7.16. The molecule has 0 aliphatic carbocycles. The smallest absolute Gasteiger partial charge is 0.410 e. The summed E-state index contributed by atoms with van der Waals surface area (Å²) in [5.74, 6) is -0.575. The van der Waals surface area contributed by atoms with E-state index in [2.05, 4.69) is 16.1 Å². The van der Waals surface area contributed by atoms with Gasteiger partial charge in [-0.1, -0.05) is 18.2 Å². The number of halogens is 2. The molecule has 1 aliphatic rings. The number of para-hydroxylation sites is 1. The molecule has 10 heteroatoms. The minimum Gasteiger partial charge on any atom is -0.450 e. The number of anilines is 1. The van der Waals surface area contributed by atoms with Gasteiger partial charge < -0.3 is 19.7 Å². The van der Waals surface area contributed by atoms with Crippen molar-refractivity contribution >= 4 is 34.4 Å². The topological polar surface area (TPSA) is 91.7 Å². The minimum atomic E-state index is -2.98. The van der Waals surface area contributed by atoms with Gasteiger partial charge in [0.15, 0.2) is 0 Å². The molecule has 1 aromatic carbocycles. The molecule has 1 N–H and O–H groups in total. The fraction of sp³-hybridized carbons (Fsp3) is 0.286. The predicted octanol–water partition coefficient (Wildman–Crippen LogP) is 4.39. The normalized spacial score (nSPS) is 13.1. The summed E-state index contributed by atoms with van der Waals surface area (Å²) < 4.78 is 34.5. The van der Waals surface area contributed by atoms with E-state index in [1.54, 1.807) is 24.0 Å². The maximum absolute atomic E-state index is 12.5. The van der Waals surface area contributed by atoms with Crippen molar-refractivity contribution in [3.8, 4) is 11.8 Å². The Morgan fingerprint density at radius 1 is 1.39 bits per heavy atom. The third kappa shape index (κ3) is 5.38. The molecule has 3 rings (SSSR count). The monoisotopic (exact) mass is 447 g/mol. The molecule has 2 amide bonds. The zero-order valence-electron chi connectivity index (χ0n) is 16.6. The number of hydrogen-bond donors (Lipinski definition) is 1. The van der Waals surface area contributed by atoms with E-state index in [0.29, 0.717) is 35.6 Å². The van der Waals surface area contributed by atoms with E-state index in [0.717, 1.165) is 10.4 Å². The first-order valence-electron chi connectivity index (χ1n) is 9.42. The van der Waals surface area contributed by atoms with Gasteiger partial charge in [-0.15, -0.1) is 11.3 Å². The molecule has 1 aromatic heterocycles. The van der Waals surface area contributed by atoms with Crippen LogP contribution in [0.15, 0.2) is 30.3 Å². The average Bonchev–Trinajstić information content (AvgIpc) is 3.08. The number of benzene rings is 1. The quantitative estimate of drug-likeness (QED) is 0.664. The molecule has 0 fully saturated rings. The van der Waals surface area contributed by atoms with Crippen LogP contribution in [0.1, 0.15) is 28.5 Å². The van der Waals surface area contributed by atoms with Gasteiger partial charge in [0.1, 0.15) is 16.8 Å². The molecule has 0 bridgehead atoms. The van der Waals surface area contributed by atoms with Crippen LogP contribution in [0.4, 0.5) is 18.6 Å².